The molecule has 0 saturated carbocycles. The largest absolute Gasteiger partial charge is 0.480 e. The van der Waals surface area contributed by atoms with Gasteiger partial charge >= 0.3 is 12.0 Å². The van der Waals surface area contributed by atoms with Gasteiger partial charge in [-0.15, -0.1) is 5.10 Å². The first-order valence-electron chi connectivity index (χ1n) is 5.25. The van der Waals surface area contributed by atoms with Crippen molar-refractivity contribution >= 4 is 5.97 Å². The molecule has 0 saturated heterocycles. The molecule has 0 aliphatic rings. The quantitative estimate of drug-likeness (QED) is 0.775. The summed E-state index contributed by atoms with van der Waals surface area (Å²) in [5.41, 5.74) is 6.13. The monoisotopic (exact) mass is 248 g/mol. The van der Waals surface area contributed by atoms with E-state index in [0.29, 0.717) is 0 Å². The van der Waals surface area contributed by atoms with Gasteiger partial charge in [-0.1, -0.05) is 18.2 Å². The van der Waals surface area contributed by atoms with Crippen molar-refractivity contribution in [3.05, 3.63) is 36.7 Å². The summed E-state index contributed by atoms with van der Waals surface area (Å²) in [5.74, 6) is -1.13. The standard InChI is InChI=1S/C11H12N4O3/c12-9(10(16)17)6-18-11-13-7-15(14-11)8-4-2-1-3-5-8/h1-5,7,9H,6,12H2,(H,16,17). The third-order valence-corrected chi connectivity index (χ3v) is 2.20. The highest BCUT2D eigenvalue weighted by Crippen LogP contribution is 2.08. The van der Waals surface area contributed by atoms with Crippen LogP contribution in [0.4, 0.5) is 0 Å². The minimum atomic E-state index is -1.13. The first kappa shape index (κ1) is 12.1. The smallest absolute Gasteiger partial charge is 0.335 e. The van der Waals surface area contributed by atoms with Crippen LogP contribution in [-0.2, 0) is 4.79 Å². The zero-order valence-electron chi connectivity index (χ0n) is 9.43. The van der Waals surface area contributed by atoms with Crippen LogP contribution in [0.3, 0.4) is 0 Å². The van der Waals surface area contributed by atoms with Gasteiger partial charge in [-0.05, 0) is 12.1 Å². The van der Waals surface area contributed by atoms with Gasteiger partial charge in [0.05, 0.1) is 5.69 Å². The number of para-hydroxylation sites is 1. The van der Waals surface area contributed by atoms with Gasteiger partial charge in [-0.3, -0.25) is 4.79 Å². The number of carboxylic acid groups (broad SMARTS) is 1. The van der Waals surface area contributed by atoms with E-state index in [2.05, 4.69) is 10.1 Å². The molecule has 0 fully saturated rings. The van der Waals surface area contributed by atoms with Crippen LogP contribution in [0, 0.1) is 0 Å². The molecule has 1 unspecified atom stereocenters. The van der Waals surface area contributed by atoms with E-state index in [4.69, 9.17) is 15.6 Å². The normalized spacial score (nSPS) is 12.1. The second-order valence-corrected chi connectivity index (χ2v) is 3.56. The summed E-state index contributed by atoms with van der Waals surface area (Å²) >= 11 is 0. The summed E-state index contributed by atoms with van der Waals surface area (Å²) < 4.78 is 6.61. The van der Waals surface area contributed by atoms with Crippen molar-refractivity contribution in [1.29, 1.82) is 0 Å². The highest BCUT2D eigenvalue weighted by Gasteiger charge is 2.13. The van der Waals surface area contributed by atoms with Crippen LogP contribution in [0.15, 0.2) is 36.7 Å². The molecule has 94 valence electrons. The first-order chi connectivity index (χ1) is 8.66. The summed E-state index contributed by atoms with van der Waals surface area (Å²) in [6, 6.07) is 8.37. The van der Waals surface area contributed by atoms with Crippen molar-refractivity contribution in [1.82, 2.24) is 14.8 Å². The van der Waals surface area contributed by atoms with Crippen molar-refractivity contribution in [2.75, 3.05) is 6.61 Å². The van der Waals surface area contributed by atoms with Crippen molar-refractivity contribution in [2.24, 2.45) is 5.73 Å². The molecule has 1 aromatic carbocycles. The molecule has 0 bridgehead atoms. The number of rotatable bonds is 5. The molecule has 1 atom stereocenters. The topological polar surface area (TPSA) is 103 Å². The second-order valence-electron chi connectivity index (χ2n) is 3.56. The summed E-state index contributed by atoms with van der Waals surface area (Å²) in [7, 11) is 0. The van der Waals surface area contributed by atoms with Crippen LogP contribution >= 0.6 is 0 Å². The zero-order chi connectivity index (χ0) is 13.0. The average Bonchev–Trinajstić information content (AvgIpc) is 2.85. The zero-order valence-corrected chi connectivity index (χ0v) is 9.43. The lowest BCUT2D eigenvalue weighted by Crippen LogP contribution is -2.36. The molecule has 0 spiro atoms. The maximum Gasteiger partial charge on any atom is 0.335 e. The van der Waals surface area contributed by atoms with E-state index in [0.717, 1.165) is 5.69 Å². The molecule has 0 aliphatic heterocycles. The number of carboxylic acids is 1. The number of nitrogens with two attached hydrogens (primary N) is 1. The van der Waals surface area contributed by atoms with Gasteiger partial charge in [-0.2, -0.15) is 4.98 Å². The first-order valence-corrected chi connectivity index (χ1v) is 5.25. The lowest BCUT2D eigenvalue weighted by molar-refractivity contribution is -0.139. The van der Waals surface area contributed by atoms with E-state index in [1.165, 1.54) is 11.0 Å². The van der Waals surface area contributed by atoms with Crippen LogP contribution in [0.2, 0.25) is 0 Å². The fourth-order valence-electron chi connectivity index (χ4n) is 1.25. The van der Waals surface area contributed by atoms with Gasteiger partial charge in [0.15, 0.2) is 0 Å². The lowest BCUT2D eigenvalue weighted by Gasteiger charge is -2.05. The van der Waals surface area contributed by atoms with Crippen LogP contribution < -0.4 is 10.5 Å². The van der Waals surface area contributed by atoms with Crippen molar-refractivity contribution in [3.63, 3.8) is 0 Å². The van der Waals surface area contributed by atoms with Crippen LogP contribution in [0.1, 0.15) is 0 Å². The molecular weight excluding hydrogens is 236 g/mol. The Morgan fingerprint density at radius 1 is 1.44 bits per heavy atom. The van der Waals surface area contributed by atoms with Gasteiger partial charge in [-0.25, -0.2) is 4.68 Å². The van der Waals surface area contributed by atoms with Crippen molar-refractivity contribution in [2.45, 2.75) is 6.04 Å². The van der Waals surface area contributed by atoms with E-state index in [1.807, 2.05) is 30.3 Å². The maximum atomic E-state index is 10.5. The lowest BCUT2D eigenvalue weighted by atomic mass is 10.3. The molecule has 7 nitrogen and oxygen atoms in total. The van der Waals surface area contributed by atoms with E-state index in [-0.39, 0.29) is 12.6 Å². The predicted octanol–water partition coefficient (Wildman–Crippen LogP) is 0.0580. The highest BCUT2D eigenvalue weighted by molar-refractivity contribution is 5.73. The molecular formula is C11H12N4O3. The third-order valence-electron chi connectivity index (χ3n) is 2.20. The molecule has 0 radical (unpaired) electrons. The van der Waals surface area contributed by atoms with Crippen molar-refractivity contribution in [3.8, 4) is 11.7 Å². The number of ether oxygens (including phenoxy) is 1. The molecule has 1 heterocycles. The van der Waals surface area contributed by atoms with Gasteiger partial charge in [0.1, 0.15) is 19.0 Å². The van der Waals surface area contributed by atoms with Crippen LogP contribution in [0.5, 0.6) is 6.01 Å². The minimum absolute atomic E-state index is 0.0931. The van der Waals surface area contributed by atoms with Gasteiger partial charge in [0.25, 0.3) is 0 Å². The highest BCUT2D eigenvalue weighted by atomic mass is 16.5. The molecule has 7 heteroatoms. The second kappa shape index (κ2) is 5.28. The molecule has 18 heavy (non-hydrogen) atoms. The Morgan fingerprint density at radius 3 is 2.83 bits per heavy atom. The molecule has 1 aromatic heterocycles. The molecule has 0 amide bonds. The van der Waals surface area contributed by atoms with E-state index < -0.39 is 12.0 Å². The molecule has 0 aliphatic carbocycles. The maximum absolute atomic E-state index is 10.5. The number of hydrogen-bond acceptors (Lipinski definition) is 5. The van der Waals surface area contributed by atoms with Crippen molar-refractivity contribution < 1.29 is 14.6 Å². The Bertz CT molecular complexity index is 526. The Morgan fingerprint density at radius 2 is 2.17 bits per heavy atom. The van der Waals surface area contributed by atoms with Gasteiger partial charge in [0.2, 0.25) is 0 Å². The summed E-state index contributed by atoms with van der Waals surface area (Å²) in [4.78, 5) is 14.4. The van der Waals surface area contributed by atoms with Gasteiger partial charge in [0, 0.05) is 0 Å². The minimum Gasteiger partial charge on any atom is -0.480 e. The predicted molar refractivity (Wildman–Crippen MR) is 62.5 cm³/mol. The Hall–Kier alpha value is -2.41. The number of aromatic nitrogens is 3. The number of carbonyl (C=O) groups is 1. The Labute approximate surface area is 103 Å². The number of nitrogens with zero attached hydrogens (tertiary/aromatic N) is 3. The SMILES string of the molecule is NC(COc1ncn(-c2ccccc2)n1)C(=O)O. The van der Waals surface area contributed by atoms with Crippen LogP contribution in [-0.4, -0.2) is 38.5 Å². The summed E-state index contributed by atoms with van der Waals surface area (Å²) in [5, 5.41) is 12.6. The Balaban J connectivity index is 2.01. The summed E-state index contributed by atoms with van der Waals surface area (Å²) in [6.07, 6.45) is 1.48. The number of aliphatic carboxylic acids is 1. The average molecular weight is 248 g/mol. The van der Waals surface area contributed by atoms with E-state index in [1.54, 1.807) is 0 Å². The molecule has 2 rings (SSSR count). The van der Waals surface area contributed by atoms with E-state index in [9.17, 15) is 4.79 Å². The van der Waals surface area contributed by atoms with Crippen LogP contribution in [0.25, 0.3) is 5.69 Å². The number of hydrogen-bond donors (Lipinski definition) is 2. The summed E-state index contributed by atoms with van der Waals surface area (Å²) in [6.45, 7) is -0.172. The Kier molecular flexibility index (Phi) is 3.54. The third kappa shape index (κ3) is 2.83. The molecule has 2 aromatic rings. The molecule has 3 N–H and O–H groups in total. The van der Waals surface area contributed by atoms with E-state index >= 15 is 0 Å². The fourth-order valence-corrected chi connectivity index (χ4v) is 1.25. The van der Waals surface area contributed by atoms with Gasteiger partial charge < -0.3 is 15.6 Å². The number of benzene rings is 1. The fraction of sp³-hybridized carbons (Fsp3) is 0.182.